The molecule has 0 saturated heterocycles. The van der Waals surface area contributed by atoms with Gasteiger partial charge in [0.2, 0.25) is 0 Å². The van der Waals surface area contributed by atoms with Crippen molar-refractivity contribution in [1.82, 2.24) is 9.97 Å². The molecule has 1 heterocycles. The largest absolute Gasteiger partial charge is 0.452 e. The number of fused-ring (bicyclic) bond motifs is 1. The summed E-state index contributed by atoms with van der Waals surface area (Å²) in [4.78, 5) is 44.6. The third-order valence-corrected chi connectivity index (χ3v) is 5.45. The van der Waals surface area contributed by atoms with Gasteiger partial charge in [0, 0.05) is 12.1 Å². The van der Waals surface area contributed by atoms with Gasteiger partial charge >= 0.3 is 5.97 Å². The molecule has 3 aromatic carbocycles. The normalized spacial score (nSPS) is 10.9. The maximum atomic E-state index is 12.7. The molecule has 4 rings (SSSR count). The number of aromatic amines is 1. The number of aromatic nitrogens is 2. The second-order valence-electron chi connectivity index (χ2n) is 8.26. The van der Waals surface area contributed by atoms with Gasteiger partial charge in [-0.1, -0.05) is 56.3 Å². The molecule has 0 fully saturated rings. The van der Waals surface area contributed by atoms with E-state index in [1.54, 1.807) is 42.5 Å². The smallest absolute Gasteiger partial charge is 0.338 e. The van der Waals surface area contributed by atoms with E-state index < -0.39 is 18.5 Å². The van der Waals surface area contributed by atoms with E-state index in [1.807, 2.05) is 30.3 Å². The molecule has 34 heavy (non-hydrogen) atoms. The van der Waals surface area contributed by atoms with Crippen molar-refractivity contribution >= 4 is 28.5 Å². The van der Waals surface area contributed by atoms with Crippen molar-refractivity contribution in [3.8, 4) is 0 Å². The molecule has 0 aliphatic carbocycles. The summed E-state index contributed by atoms with van der Waals surface area (Å²) in [7, 11) is 0. The van der Waals surface area contributed by atoms with E-state index in [2.05, 4.69) is 29.1 Å². The van der Waals surface area contributed by atoms with Crippen molar-refractivity contribution in [3.05, 3.63) is 106 Å². The summed E-state index contributed by atoms with van der Waals surface area (Å²) in [6.45, 7) is 3.78. The lowest BCUT2D eigenvalue weighted by atomic mass is 10.0. The third kappa shape index (κ3) is 5.38. The summed E-state index contributed by atoms with van der Waals surface area (Å²) in [6.07, 6.45) is 0.236. The fourth-order valence-electron chi connectivity index (χ4n) is 3.63. The number of amides is 1. The van der Waals surface area contributed by atoms with Gasteiger partial charge in [-0.05, 0) is 47.4 Å². The highest BCUT2D eigenvalue weighted by Crippen LogP contribution is 2.18. The lowest BCUT2D eigenvalue weighted by Crippen LogP contribution is -2.21. The number of anilines is 1. The summed E-state index contributed by atoms with van der Waals surface area (Å²) in [5.41, 5.74) is 3.10. The molecule has 0 atom stereocenters. The van der Waals surface area contributed by atoms with Gasteiger partial charge in [0.25, 0.3) is 11.5 Å². The quantitative estimate of drug-likeness (QED) is 0.402. The standard InChI is InChI=1S/C27H25N3O4/c1-17(2)18-11-13-20(14-12-18)28-25(31)16-34-27(33)21-8-4-3-7-19(21)15-24-29-23-10-6-5-9-22(23)26(32)30-24/h3-14,17H,15-16H2,1-2H3,(H,28,31)(H,29,30,32). The zero-order valence-electron chi connectivity index (χ0n) is 19.0. The van der Waals surface area contributed by atoms with Gasteiger partial charge in [0.05, 0.1) is 16.5 Å². The number of hydrogen-bond donors (Lipinski definition) is 2. The Hall–Kier alpha value is -4.26. The van der Waals surface area contributed by atoms with Gasteiger partial charge < -0.3 is 15.0 Å². The highest BCUT2D eigenvalue weighted by atomic mass is 16.5. The maximum Gasteiger partial charge on any atom is 0.338 e. The topological polar surface area (TPSA) is 101 Å². The lowest BCUT2D eigenvalue weighted by molar-refractivity contribution is -0.119. The van der Waals surface area contributed by atoms with E-state index >= 15 is 0 Å². The summed E-state index contributed by atoms with van der Waals surface area (Å²) in [5.74, 6) is -0.215. The highest BCUT2D eigenvalue weighted by Gasteiger charge is 2.16. The van der Waals surface area contributed by atoms with E-state index in [0.717, 1.165) is 0 Å². The predicted octanol–water partition coefficient (Wildman–Crippen LogP) is 4.43. The van der Waals surface area contributed by atoms with Crippen LogP contribution in [0.15, 0.2) is 77.6 Å². The molecule has 1 aromatic heterocycles. The van der Waals surface area contributed by atoms with Crippen molar-refractivity contribution in [1.29, 1.82) is 0 Å². The first-order valence-corrected chi connectivity index (χ1v) is 11.0. The number of hydrogen-bond acceptors (Lipinski definition) is 5. The molecule has 7 heteroatoms. The zero-order chi connectivity index (χ0) is 24.1. The second kappa shape index (κ2) is 10.1. The second-order valence-corrected chi connectivity index (χ2v) is 8.26. The number of nitrogens with one attached hydrogen (secondary N) is 2. The first-order valence-electron chi connectivity index (χ1n) is 11.0. The molecule has 0 aliphatic heterocycles. The molecule has 2 N–H and O–H groups in total. The molecule has 172 valence electrons. The van der Waals surface area contributed by atoms with Gasteiger partial charge in [-0.15, -0.1) is 0 Å². The van der Waals surface area contributed by atoms with Crippen molar-refractivity contribution in [2.75, 3.05) is 11.9 Å². The van der Waals surface area contributed by atoms with Crippen LogP contribution in [0.1, 0.15) is 47.1 Å². The fourth-order valence-corrected chi connectivity index (χ4v) is 3.63. The first kappa shape index (κ1) is 22.9. The predicted molar refractivity (Wildman–Crippen MR) is 131 cm³/mol. The van der Waals surface area contributed by atoms with Crippen LogP contribution >= 0.6 is 0 Å². The Balaban J connectivity index is 1.42. The van der Waals surface area contributed by atoms with Gasteiger partial charge in [0.1, 0.15) is 5.82 Å². The number of carbonyl (C=O) groups is 2. The van der Waals surface area contributed by atoms with Crippen molar-refractivity contribution in [3.63, 3.8) is 0 Å². The SMILES string of the molecule is CC(C)c1ccc(NC(=O)COC(=O)c2ccccc2Cc2nc3ccccc3c(=O)[nH]2)cc1. The number of esters is 1. The molecule has 0 aliphatic rings. The Labute approximate surface area is 196 Å². The minimum atomic E-state index is -0.621. The number of nitrogens with zero attached hydrogens (tertiary/aromatic N) is 1. The number of para-hydroxylation sites is 1. The van der Waals surface area contributed by atoms with Crippen LogP contribution in [0.2, 0.25) is 0 Å². The summed E-state index contributed by atoms with van der Waals surface area (Å²) in [6, 6.07) is 21.5. The Bertz CT molecular complexity index is 1390. The molecular formula is C27H25N3O4. The van der Waals surface area contributed by atoms with E-state index in [-0.39, 0.29) is 12.0 Å². The van der Waals surface area contributed by atoms with E-state index in [0.29, 0.717) is 39.5 Å². The monoisotopic (exact) mass is 455 g/mol. The average Bonchev–Trinajstić information content (AvgIpc) is 2.83. The molecular weight excluding hydrogens is 430 g/mol. The minimum Gasteiger partial charge on any atom is -0.452 e. The number of ether oxygens (including phenoxy) is 1. The minimum absolute atomic E-state index is 0.236. The van der Waals surface area contributed by atoms with Crippen LogP contribution in [-0.2, 0) is 16.0 Å². The molecule has 4 aromatic rings. The van der Waals surface area contributed by atoms with Crippen LogP contribution in [0.4, 0.5) is 5.69 Å². The van der Waals surface area contributed by atoms with Gasteiger partial charge in [-0.25, -0.2) is 9.78 Å². The molecule has 0 unspecified atom stereocenters. The van der Waals surface area contributed by atoms with Crippen LogP contribution in [-0.4, -0.2) is 28.5 Å². The van der Waals surface area contributed by atoms with E-state index in [4.69, 9.17) is 4.74 Å². The molecule has 0 saturated carbocycles. The average molecular weight is 456 g/mol. The van der Waals surface area contributed by atoms with E-state index in [9.17, 15) is 14.4 Å². The molecule has 0 radical (unpaired) electrons. The van der Waals surface area contributed by atoms with Gasteiger partial charge in [-0.3, -0.25) is 9.59 Å². The number of H-pyrrole nitrogens is 1. The van der Waals surface area contributed by atoms with Crippen LogP contribution < -0.4 is 10.9 Å². The molecule has 0 spiro atoms. The van der Waals surface area contributed by atoms with Crippen LogP contribution in [0.25, 0.3) is 10.9 Å². The van der Waals surface area contributed by atoms with Gasteiger partial charge in [-0.2, -0.15) is 0 Å². The summed E-state index contributed by atoms with van der Waals surface area (Å²) in [5, 5.41) is 3.23. The fraction of sp³-hybridized carbons (Fsp3) is 0.185. The molecule has 7 nitrogen and oxygen atoms in total. The number of benzene rings is 3. The molecule has 1 amide bonds. The number of rotatable bonds is 7. The van der Waals surface area contributed by atoms with Crippen LogP contribution in [0.5, 0.6) is 0 Å². The Morgan fingerprint density at radius 1 is 0.971 bits per heavy atom. The lowest BCUT2D eigenvalue weighted by Gasteiger charge is -2.11. The van der Waals surface area contributed by atoms with Gasteiger partial charge in [0.15, 0.2) is 6.61 Å². The van der Waals surface area contributed by atoms with Crippen LogP contribution in [0, 0.1) is 0 Å². The Morgan fingerprint density at radius 3 is 2.44 bits per heavy atom. The summed E-state index contributed by atoms with van der Waals surface area (Å²) >= 11 is 0. The molecule has 0 bridgehead atoms. The first-order chi connectivity index (χ1) is 16.4. The highest BCUT2D eigenvalue weighted by molar-refractivity contribution is 5.96. The maximum absolute atomic E-state index is 12.7. The third-order valence-electron chi connectivity index (χ3n) is 5.45. The van der Waals surface area contributed by atoms with Crippen molar-refractivity contribution in [2.24, 2.45) is 0 Å². The van der Waals surface area contributed by atoms with Crippen molar-refractivity contribution in [2.45, 2.75) is 26.2 Å². The zero-order valence-corrected chi connectivity index (χ0v) is 19.0. The van der Waals surface area contributed by atoms with E-state index in [1.165, 1.54) is 5.56 Å². The number of carbonyl (C=O) groups excluding carboxylic acids is 2. The Morgan fingerprint density at radius 2 is 1.68 bits per heavy atom. The Kier molecular flexibility index (Phi) is 6.82. The van der Waals surface area contributed by atoms with Crippen LogP contribution in [0.3, 0.4) is 0 Å². The summed E-state index contributed by atoms with van der Waals surface area (Å²) < 4.78 is 5.25. The van der Waals surface area contributed by atoms with Crippen molar-refractivity contribution < 1.29 is 14.3 Å².